The van der Waals surface area contributed by atoms with Gasteiger partial charge in [-0.25, -0.2) is 4.98 Å². The lowest BCUT2D eigenvalue weighted by atomic mass is 9.85. The molecule has 7 heteroatoms. The van der Waals surface area contributed by atoms with Crippen LogP contribution >= 0.6 is 0 Å². The zero-order chi connectivity index (χ0) is 14.3. The quantitative estimate of drug-likeness (QED) is 0.867. The van der Waals surface area contributed by atoms with Gasteiger partial charge in [-0.3, -0.25) is 4.79 Å². The number of carboxylic acid groups (broad SMARTS) is 1. The van der Waals surface area contributed by atoms with Gasteiger partial charge in [-0.15, -0.1) is 0 Å². The van der Waals surface area contributed by atoms with Crippen LogP contribution in [0.2, 0.25) is 0 Å². The molecule has 0 aromatic carbocycles. The lowest BCUT2D eigenvalue weighted by molar-refractivity contribution is -0.148. The number of hydrogen-bond donors (Lipinski definition) is 2. The minimum absolute atomic E-state index is 0.201. The van der Waals surface area contributed by atoms with Crippen LogP contribution in [0.3, 0.4) is 0 Å². The van der Waals surface area contributed by atoms with Gasteiger partial charge in [-0.05, 0) is 31.5 Å². The highest BCUT2D eigenvalue weighted by atomic mass is 16.5. The van der Waals surface area contributed by atoms with E-state index in [9.17, 15) is 9.90 Å². The van der Waals surface area contributed by atoms with Crippen LogP contribution < -0.4 is 5.32 Å². The van der Waals surface area contributed by atoms with Crippen molar-refractivity contribution in [3.63, 3.8) is 0 Å². The fourth-order valence-electron chi connectivity index (χ4n) is 2.42. The summed E-state index contributed by atoms with van der Waals surface area (Å²) in [5.41, 5.74) is 0.809. The van der Waals surface area contributed by atoms with E-state index < -0.39 is 11.4 Å². The highest BCUT2D eigenvalue weighted by Gasteiger charge is 2.46. The molecule has 1 aliphatic heterocycles. The van der Waals surface area contributed by atoms with Crippen LogP contribution in [0.15, 0.2) is 18.5 Å². The third-order valence-electron chi connectivity index (χ3n) is 3.79. The SMILES string of the molecule is Cc1cc(NC2COCC2(C)C(=O)O)n2ncnc2c1. The Balaban J connectivity index is 1.97. The smallest absolute Gasteiger partial charge is 0.313 e. The molecule has 3 rings (SSSR count). The molecule has 106 valence electrons. The average molecular weight is 276 g/mol. The van der Waals surface area contributed by atoms with E-state index in [-0.39, 0.29) is 12.6 Å². The fraction of sp³-hybridized carbons (Fsp3) is 0.462. The predicted molar refractivity (Wildman–Crippen MR) is 71.7 cm³/mol. The molecule has 2 aromatic rings. The molecular formula is C13H16N4O3. The number of carbonyl (C=O) groups is 1. The molecule has 3 heterocycles. The van der Waals surface area contributed by atoms with Crippen molar-refractivity contribution in [2.75, 3.05) is 18.5 Å². The van der Waals surface area contributed by atoms with Crippen molar-refractivity contribution in [2.45, 2.75) is 19.9 Å². The van der Waals surface area contributed by atoms with Gasteiger partial charge in [0.15, 0.2) is 5.65 Å². The average Bonchev–Trinajstić information content (AvgIpc) is 2.97. The first-order chi connectivity index (χ1) is 9.50. The topological polar surface area (TPSA) is 88.8 Å². The van der Waals surface area contributed by atoms with Crippen molar-refractivity contribution >= 4 is 17.4 Å². The standard InChI is InChI=1S/C13H16N4O3/c1-8-3-10-14-7-15-17(10)11(4-8)16-9-5-20-6-13(9,2)12(18)19/h3-4,7,9,16H,5-6H2,1-2H3,(H,18,19). The number of aromatic nitrogens is 3. The normalized spacial score (nSPS) is 26.0. The molecule has 1 aliphatic rings. The number of aryl methyl sites for hydroxylation is 1. The van der Waals surface area contributed by atoms with Gasteiger partial charge >= 0.3 is 5.97 Å². The Morgan fingerprint density at radius 2 is 2.40 bits per heavy atom. The lowest BCUT2D eigenvalue weighted by Gasteiger charge is -2.26. The molecule has 0 spiro atoms. The lowest BCUT2D eigenvalue weighted by Crippen LogP contribution is -2.43. The molecule has 0 saturated carbocycles. The predicted octanol–water partition coefficient (Wildman–Crippen LogP) is 0.939. The van der Waals surface area contributed by atoms with Crippen LogP contribution in [0.1, 0.15) is 12.5 Å². The summed E-state index contributed by atoms with van der Waals surface area (Å²) < 4.78 is 7.00. The van der Waals surface area contributed by atoms with Gasteiger partial charge in [0, 0.05) is 0 Å². The summed E-state index contributed by atoms with van der Waals surface area (Å²) >= 11 is 0. The number of nitrogens with one attached hydrogen (secondary N) is 1. The first-order valence-corrected chi connectivity index (χ1v) is 6.39. The molecule has 1 saturated heterocycles. The number of rotatable bonds is 3. The van der Waals surface area contributed by atoms with Gasteiger partial charge in [-0.2, -0.15) is 9.61 Å². The van der Waals surface area contributed by atoms with Crippen LogP contribution in [0.5, 0.6) is 0 Å². The largest absolute Gasteiger partial charge is 0.481 e. The monoisotopic (exact) mass is 276 g/mol. The summed E-state index contributed by atoms with van der Waals surface area (Å²) in [4.78, 5) is 15.6. The molecular weight excluding hydrogens is 260 g/mol. The first-order valence-electron chi connectivity index (χ1n) is 6.39. The van der Waals surface area contributed by atoms with Crippen LogP contribution in [0.25, 0.3) is 5.65 Å². The molecule has 0 radical (unpaired) electrons. The zero-order valence-corrected chi connectivity index (χ0v) is 11.3. The molecule has 7 nitrogen and oxygen atoms in total. The van der Waals surface area contributed by atoms with Gasteiger partial charge in [0.25, 0.3) is 0 Å². The number of anilines is 1. The van der Waals surface area contributed by atoms with E-state index in [2.05, 4.69) is 15.4 Å². The van der Waals surface area contributed by atoms with Crippen molar-refractivity contribution in [3.05, 3.63) is 24.0 Å². The van der Waals surface area contributed by atoms with Crippen LogP contribution in [-0.4, -0.2) is 44.9 Å². The Bertz CT molecular complexity index is 669. The number of fused-ring (bicyclic) bond motifs is 1. The molecule has 0 bridgehead atoms. The van der Waals surface area contributed by atoms with E-state index in [1.165, 1.54) is 6.33 Å². The Morgan fingerprint density at radius 3 is 3.15 bits per heavy atom. The summed E-state index contributed by atoms with van der Waals surface area (Å²) in [6.45, 7) is 4.20. The summed E-state index contributed by atoms with van der Waals surface area (Å²) in [6, 6.07) is 3.52. The molecule has 2 N–H and O–H groups in total. The maximum atomic E-state index is 11.4. The number of nitrogens with zero attached hydrogens (tertiary/aromatic N) is 3. The molecule has 2 aromatic heterocycles. The third-order valence-corrected chi connectivity index (χ3v) is 3.79. The summed E-state index contributed by atoms with van der Waals surface area (Å²) in [5.74, 6) is -0.143. The summed E-state index contributed by atoms with van der Waals surface area (Å²) in [5, 5.41) is 16.8. The zero-order valence-electron chi connectivity index (χ0n) is 11.3. The maximum absolute atomic E-state index is 11.4. The van der Waals surface area contributed by atoms with Crippen LogP contribution in [-0.2, 0) is 9.53 Å². The molecule has 2 unspecified atom stereocenters. The van der Waals surface area contributed by atoms with Gasteiger partial charge in [0.1, 0.15) is 17.6 Å². The minimum atomic E-state index is -0.948. The summed E-state index contributed by atoms with van der Waals surface area (Å²) in [7, 11) is 0. The van der Waals surface area contributed by atoms with Gasteiger partial charge in [-0.1, -0.05) is 0 Å². The number of carboxylic acids is 1. The van der Waals surface area contributed by atoms with Gasteiger partial charge < -0.3 is 15.2 Å². The maximum Gasteiger partial charge on any atom is 0.313 e. The van der Waals surface area contributed by atoms with Crippen molar-refractivity contribution < 1.29 is 14.6 Å². The Hall–Kier alpha value is -2.15. The summed E-state index contributed by atoms with van der Waals surface area (Å²) in [6.07, 6.45) is 1.47. The number of aliphatic carboxylic acids is 1. The minimum Gasteiger partial charge on any atom is -0.481 e. The molecule has 2 atom stereocenters. The van der Waals surface area contributed by atoms with Crippen molar-refractivity contribution in [1.82, 2.24) is 14.6 Å². The van der Waals surface area contributed by atoms with Gasteiger partial charge in [0.05, 0.1) is 19.3 Å². The fourth-order valence-corrected chi connectivity index (χ4v) is 2.42. The number of pyridine rings is 1. The second-order valence-electron chi connectivity index (χ2n) is 5.38. The molecule has 20 heavy (non-hydrogen) atoms. The second kappa shape index (κ2) is 4.45. The van der Waals surface area contributed by atoms with Gasteiger partial charge in [0.2, 0.25) is 0 Å². The molecule has 0 aliphatic carbocycles. The van der Waals surface area contributed by atoms with Crippen molar-refractivity contribution in [3.8, 4) is 0 Å². The van der Waals surface area contributed by atoms with E-state index in [1.54, 1.807) is 11.4 Å². The second-order valence-corrected chi connectivity index (χ2v) is 5.38. The van der Waals surface area contributed by atoms with E-state index in [0.29, 0.717) is 6.61 Å². The van der Waals surface area contributed by atoms with E-state index in [1.807, 2.05) is 19.1 Å². The van der Waals surface area contributed by atoms with Crippen molar-refractivity contribution in [2.24, 2.45) is 5.41 Å². The molecule has 0 amide bonds. The van der Waals surface area contributed by atoms with E-state index >= 15 is 0 Å². The first kappa shape index (κ1) is 12.9. The number of ether oxygens (including phenoxy) is 1. The Kier molecular flexibility index (Phi) is 2.86. The Labute approximate surface area is 115 Å². The highest BCUT2D eigenvalue weighted by Crippen LogP contribution is 2.31. The van der Waals surface area contributed by atoms with Crippen LogP contribution in [0, 0.1) is 12.3 Å². The highest BCUT2D eigenvalue weighted by molar-refractivity contribution is 5.76. The third kappa shape index (κ3) is 1.90. The van der Waals surface area contributed by atoms with E-state index in [4.69, 9.17) is 4.74 Å². The molecule has 1 fully saturated rings. The Morgan fingerprint density at radius 1 is 1.60 bits per heavy atom. The van der Waals surface area contributed by atoms with Crippen molar-refractivity contribution in [1.29, 1.82) is 0 Å². The van der Waals surface area contributed by atoms with Crippen LogP contribution in [0.4, 0.5) is 5.82 Å². The van der Waals surface area contributed by atoms with E-state index in [0.717, 1.165) is 17.0 Å². The number of hydrogen-bond acceptors (Lipinski definition) is 5.